The second kappa shape index (κ2) is 11.7. The highest BCUT2D eigenvalue weighted by Crippen LogP contribution is 2.12. The molecule has 2 amide bonds. The number of hydrogen-bond acceptors (Lipinski definition) is 4. The number of rotatable bonds is 11. The molecule has 0 bridgehead atoms. The van der Waals surface area contributed by atoms with E-state index in [0.717, 1.165) is 5.56 Å². The maximum atomic E-state index is 12.3. The van der Waals surface area contributed by atoms with Crippen LogP contribution < -0.4 is 16.0 Å². The number of nitrogens with one attached hydrogen (secondary N) is 3. The van der Waals surface area contributed by atoms with Crippen LogP contribution in [-0.2, 0) is 20.8 Å². The standard InChI is InChI=1S/C22H27N3O3/c1-17(19-10-6-3-7-11-19)15-23-16-21(27)25-20(22(28)24-12-13-26)14-18-8-4-2-5-9-18/h2-11,13,17,20,23H,12,14-16H2,1H3,(H,24,28)(H,25,27)/t17-,20?/m0/s1. The summed E-state index contributed by atoms with van der Waals surface area (Å²) in [6.45, 7) is 2.78. The summed E-state index contributed by atoms with van der Waals surface area (Å²) in [5, 5.41) is 8.40. The molecule has 0 fully saturated rings. The van der Waals surface area contributed by atoms with E-state index in [1.54, 1.807) is 0 Å². The first-order chi connectivity index (χ1) is 13.6. The summed E-state index contributed by atoms with van der Waals surface area (Å²) in [5.41, 5.74) is 2.13. The lowest BCUT2D eigenvalue weighted by Crippen LogP contribution is -2.50. The molecule has 28 heavy (non-hydrogen) atoms. The SMILES string of the molecule is C[C@@H](CNCC(=O)NC(Cc1ccccc1)C(=O)NCC=O)c1ccccc1. The molecule has 0 aliphatic rings. The van der Waals surface area contributed by atoms with E-state index in [-0.39, 0.29) is 30.8 Å². The van der Waals surface area contributed by atoms with E-state index in [0.29, 0.717) is 19.3 Å². The van der Waals surface area contributed by atoms with Crippen molar-refractivity contribution in [2.45, 2.75) is 25.3 Å². The van der Waals surface area contributed by atoms with Crippen molar-refractivity contribution in [2.75, 3.05) is 19.6 Å². The molecule has 0 saturated heterocycles. The second-order valence-electron chi connectivity index (χ2n) is 6.66. The average Bonchev–Trinajstić information content (AvgIpc) is 2.72. The van der Waals surface area contributed by atoms with Crippen LogP contribution in [0.4, 0.5) is 0 Å². The quantitative estimate of drug-likeness (QED) is 0.514. The first-order valence-corrected chi connectivity index (χ1v) is 9.40. The van der Waals surface area contributed by atoms with Crippen molar-refractivity contribution in [3.05, 3.63) is 71.8 Å². The molecule has 0 aliphatic carbocycles. The largest absolute Gasteiger partial charge is 0.348 e. The van der Waals surface area contributed by atoms with Gasteiger partial charge in [-0.15, -0.1) is 0 Å². The number of amides is 2. The summed E-state index contributed by atoms with van der Waals surface area (Å²) in [4.78, 5) is 35.1. The van der Waals surface area contributed by atoms with Crippen LogP contribution in [0.1, 0.15) is 24.0 Å². The summed E-state index contributed by atoms with van der Waals surface area (Å²) in [5.74, 6) is -0.366. The van der Waals surface area contributed by atoms with E-state index in [4.69, 9.17) is 0 Å². The maximum absolute atomic E-state index is 12.3. The van der Waals surface area contributed by atoms with Crippen LogP contribution in [0, 0.1) is 0 Å². The molecule has 2 rings (SSSR count). The van der Waals surface area contributed by atoms with Crippen molar-refractivity contribution in [1.82, 2.24) is 16.0 Å². The average molecular weight is 381 g/mol. The van der Waals surface area contributed by atoms with Gasteiger partial charge >= 0.3 is 0 Å². The summed E-state index contributed by atoms with van der Waals surface area (Å²) in [7, 11) is 0. The van der Waals surface area contributed by atoms with Gasteiger partial charge in [0.2, 0.25) is 11.8 Å². The Morgan fingerprint density at radius 3 is 2.29 bits per heavy atom. The van der Waals surface area contributed by atoms with Crippen LogP contribution in [0.2, 0.25) is 0 Å². The Balaban J connectivity index is 1.86. The Hall–Kier alpha value is -2.99. The third-order valence-corrected chi connectivity index (χ3v) is 4.40. The lowest BCUT2D eigenvalue weighted by molar-refractivity contribution is -0.129. The molecule has 0 radical (unpaired) electrons. The molecule has 0 heterocycles. The van der Waals surface area contributed by atoms with E-state index in [1.807, 2.05) is 48.5 Å². The molecule has 0 aliphatic heterocycles. The van der Waals surface area contributed by atoms with E-state index in [9.17, 15) is 14.4 Å². The molecule has 2 aromatic carbocycles. The minimum Gasteiger partial charge on any atom is -0.348 e. The zero-order valence-electron chi connectivity index (χ0n) is 16.1. The monoisotopic (exact) mass is 381 g/mol. The Morgan fingerprint density at radius 2 is 1.64 bits per heavy atom. The van der Waals surface area contributed by atoms with Crippen molar-refractivity contribution in [1.29, 1.82) is 0 Å². The van der Waals surface area contributed by atoms with Gasteiger partial charge in [-0.3, -0.25) is 9.59 Å². The fourth-order valence-electron chi connectivity index (χ4n) is 2.87. The maximum Gasteiger partial charge on any atom is 0.243 e. The summed E-state index contributed by atoms with van der Waals surface area (Å²) < 4.78 is 0. The Morgan fingerprint density at radius 1 is 1.00 bits per heavy atom. The number of carbonyl (C=O) groups excluding carboxylic acids is 3. The number of carbonyl (C=O) groups is 3. The fraction of sp³-hybridized carbons (Fsp3) is 0.318. The molecule has 2 aromatic rings. The highest BCUT2D eigenvalue weighted by Gasteiger charge is 2.20. The first-order valence-electron chi connectivity index (χ1n) is 9.40. The molecule has 6 nitrogen and oxygen atoms in total. The molecule has 1 unspecified atom stereocenters. The third-order valence-electron chi connectivity index (χ3n) is 4.40. The lowest BCUT2D eigenvalue weighted by atomic mass is 10.0. The smallest absolute Gasteiger partial charge is 0.243 e. The van der Waals surface area contributed by atoms with E-state index < -0.39 is 6.04 Å². The Bertz CT molecular complexity index is 750. The zero-order valence-corrected chi connectivity index (χ0v) is 16.1. The van der Waals surface area contributed by atoms with Crippen molar-refractivity contribution < 1.29 is 14.4 Å². The van der Waals surface area contributed by atoms with Gasteiger partial charge in [-0.25, -0.2) is 0 Å². The van der Waals surface area contributed by atoms with Crippen LogP contribution in [-0.4, -0.2) is 43.8 Å². The Labute approximate surface area is 165 Å². The van der Waals surface area contributed by atoms with Gasteiger partial charge in [-0.2, -0.15) is 0 Å². The molecule has 0 saturated carbocycles. The van der Waals surface area contributed by atoms with E-state index in [2.05, 4.69) is 35.0 Å². The van der Waals surface area contributed by atoms with Crippen molar-refractivity contribution in [3.63, 3.8) is 0 Å². The Kier molecular flexibility index (Phi) is 8.88. The van der Waals surface area contributed by atoms with Crippen LogP contribution in [0.15, 0.2) is 60.7 Å². The second-order valence-corrected chi connectivity index (χ2v) is 6.66. The summed E-state index contributed by atoms with van der Waals surface area (Å²) in [6, 6.07) is 18.8. The summed E-state index contributed by atoms with van der Waals surface area (Å²) >= 11 is 0. The van der Waals surface area contributed by atoms with E-state index in [1.165, 1.54) is 5.56 Å². The zero-order chi connectivity index (χ0) is 20.2. The van der Waals surface area contributed by atoms with Gasteiger partial charge in [0.25, 0.3) is 0 Å². The van der Waals surface area contributed by atoms with Crippen LogP contribution in [0.25, 0.3) is 0 Å². The molecule has 148 valence electrons. The highest BCUT2D eigenvalue weighted by atomic mass is 16.2. The predicted molar refractivity (Wildman–Crippen MR) is 109 cm³/mol. The van der Waals surface area contributed by atoms with Crippen molar-refractivity contribution in [3.8, 4) is 0 Å². The van der Waals surface area contributed by atoms with Gasteiger partial charge in [-0.1, -0.05) is 67.6 Å². The van der Waals surface area contributed by atoms with Crippen molar-refractivity contribution >= 4 is 18.1 Å². The topological polar surface area (TPSA) is 87.3 Å². The molecule has 0 spiro atoms. The molecule has 2 atom stereocenters. The number of aldehydes is 1. The summed E-state index contributed by atoms with van der Waals surface area (Å²) in [6.07, 6.45) is 0.976. The van der Waals surface area contributed by atoms with Crippen LogP contribution in [0.3, 0.4) is 0 Å². The molecule has 6 heteroatoms. The minimum atomic E-state index is -0.733. The van der Waals surface area contributed by atoms with Crippen LogP contribution in [0.5, 0.6) is 0 Å². The van der Waals surface area contributed by atoms with Gasteiger partial charge in [0.05, 0.1) is 13.1 Å². The third kappa shape index (κ3) is 7.32. The molecule has 0 aromatic heterocycles. The molecular formula is C22H27N3O3. The van der Waals surface area contributed by atoms with Gasteiger partial charge < -0.3 is 20.7 Å². The van der Waals surface area contributed by atoms with Crippen LogP contribution >= 0.6 is 0 Å². The first kappa shape index (κ1) is 21.3. The van der Waals surface area contributed by atoms with E-state index >= 15 is 0 Å². The molecule has 3 N–H and O–H groups in total. The van der Waals surface area contributed by atoms with Gasteiger partial charge in [0.1, 0.15) is 12.3 Å². The van der Waals surface area contributed by atoms with Gasteiger partial charge in [-0.05, 0) is 17.0 Å². The minimum absolute atomic E-state index is 0.0766. The predicted octanol–water partition coefficient (Wildman–Crippen LogP) is 1.42. The number of hydrogen-bond donors (Lipinski definition) is 3. The van der Waals surface area contributed by atoms with Gasteiger partial charge in [0.15, 0.2) is 0 Å². The van der Waals surface area contributed by atoms with Crippen molar-refractivity contribution in [2.24, 2.45) is 0 Å². The lowest BCUT2D eigenvalue weighted by Gasteiger charge is -2.19. The van der Waals surface area contributed by atoms with Gasteiger partial charge in [0, 0.05) is 13.0 Å². The number of benzene rings is 2. The molecular weight excluding hydrogens is 354 g/mol. The highest BCUT2D eigenvalue weighted by molar-refractivity contribution is 5.89. The fourth-order valence-corrected chi connectivity index (χ4v) is 2.87. The normalized spacial score (nSPS) is 12.6.